The summed E-state index contributed by atoms with van der Waals surface area (Å²) in [5, 5.41) is 10.6. The number of rotatable bonds is 72. The molecule has 0 rings (SSSR count). The van der Waals surface area contributed by atoms with Crippen molar-refractivity contribution < 1.29 is 80.2 Å². The molecule has 550 valence electrons. The Labute approximate surface area is 572 Å². The van der Waals surface area contributed by atoms with Crippen LogP contribution in [0.25, 0.3) is 0 Å². The predicted molar refractivity (Wildman–Crippen MR) is 381 cm³/mol. The summed E-state index contributed by atoms with van der Waals surface area (Å²) in [7, 11) is -9.92. The molecule has 0 aromatic carbocycles. The zero-order valence-electron chi connectivity index (χ0n) is 59.9. The lowest BCUT2D eigenvalue weighted by molar-refractivity contribution is -0.161. The van der Waals surface area contributed by atoms with E-state index in [4.69, 9.17) is 37.0 Å². The molecule has 0 aliphatic heterocycles. The third-order valence-electron chi connectivity index (χ3n) is 16.3. The standard InChI is InChI=1S/C75H138O17P2/c1-5-9-13-17-21-25-29-32-33-34-35-38-41-44-48-52-56-60-73(78)86-66-71(92-75(80)62-58-54-50-46-42-37-31-27-23-19-15-11-7-3)68-90-94(83,84)88-64-69(76)63-87-93(81,82)89-67-70(91-74(79)61-57-53-49-45-39-28-24-20-16-12-8-4)65-85-72(77)59-55-51-47-43-40-36-30-26-22-18-14-10-6-2/h9,13,21,25,32-33,35,38,69-71,76H,5-8,10-12,14-20,22-24,26-31,34,36-37,39-68H2,1-4H3,(H,81,82)(H,83,84)/b13-9-,25-21-,33-32-,38-35-. The summed E-state index contributed by atoms with van der Waals surface area (Å²) in [5.74, 6) is -2.16. The topological polar surface area (TPSA) is 237 Å². The molecule has 0 saturated heterocycles. The molecule has 0 heterocycles. The molecule has 0 aromatic rings. The predicted octanol–water partition coefficient (Wildman–Crippen LogP) is 21.3. The third-order valence-corrected chi connectivity index (χ3v) is 18.2. The van der Waals surface area contributed by atoms with Crippen molar-refractivity contribution in [2.45, 2.75) is 367 Å². The van der Waals surface area contributed by atoms with E-state index in [1.165, 1.54) is 148 Å². The number of aliphatic hydroxyl groups is 1. The van der Waals surface area contributed by atoms with Gasteiger partial charge in [0, 0.05) is 25.7 Å². The van der Waals surface area contributed by atoms with Crippen LogP contribution in [0.15, 0.2) is 48.6 Å². The van der Waals surface area contributed by atoms with Gasteiger partial charge in [-0.05, 0) is 64.2 Å². The summed E-state index contributed by atoms with van der Waals surface area (Å²) >= 11 is 0. The van der Waals surface area contributed by atoms with Gasteiger partial charge in [-0.15, -0.1) is 0 Å². The average Bonchev–Trinajstić information content (AvgIpc) is 2.15. The van der Waals surface area contributed by atoms with E-state index in [2.05, 4.69) is 76.3 Å². The summed E-state index contributed by atoms with van der Waals surface area (Å²) in [6.45, 7) is 4.79. The molecule has 17 nitrogen and oxygen atoms in total. The summed E-state index contributed by atoms with van der Waals surface area (Å²) in [6.07, 6.45) is 63.9. The number of aliphatic hydroxyl groups excluding tert-OH is 1. The van der Waals surface area contributed by atoms with Crippen LogP contribution < -0.4 is 0 Å². The molecule has 0 fully saturated rings. The van der Waals surface area contributed by atoms with E-state index in [1.54, 1.807) is 0 Å². The van der Waals surface area contributed by atoms with E-state index in [-0.39, 0.29) is 25.7 Å². The van der Waals surface area contributed by atoms with Crippen molar-refractivity contribution in [3.63, 3.8) is 0 Å². The third kappa shape index (κ3) is 67.6. The Kier molecular flexibility index (Phi) is 66.4. The maximum Gasteiger partial charge on any atom is 0.472 e. The second-order valence-corrected chi connectivity index (χ2v) is 28.5. The van der Waals surface area contributed by atoms with Gasteiger partial charge >= 0.3 is 39.5 Å². The van der Waals surface area contributed by atoms with Gasteiger partial charge in [0.15, 0.2) is 12.2 Å². The van der Waals surface area contributed by atoms with Gasteiger partial charge < -0.3 is 33.8 Å². The van der Waals surface area contributed by atoms with Crippen molar-refractivity contribution in [3.05, 3.63) is 48.6 Å². The van der Waals surface area contributed by atoms with Gasteiger partial charge in [-0.3, -0.25) is 37.3 Å². The number of ether oxygens (including phenoxy) is 4. The fourth-order valence-electron chi connectivity index (χ4n) is 10.6. The minimum absolute atomic E-state index is 0.0965. The maximum absolute atomic E-state index is 13.1. The van der Waals surface area contributed by atoms with Crippen LogP contribution in [0.4, 0.5) is 0 Å². The number of carbonyl (C=O) groups excluding carboxylic acids is 4. The molecule has 19 heteroatoms. The number of esters is 4. The molecule has 94 heavy (non-hydrogen) atoms. The van der Waals surface area contributed by atoms with E-state index in [0.717, 1.165) is 122 Å². The molecule has 0 radical (unpaired) electrons. The number of unbranched alkanes of at least 4 members (excludes halogenated alkanes) is 38. The molecule has 0 aliphatic rings. The molecular formula is C75H138O17P2. The molecule has 0 aromatic heterocycles. The summed E-state index contributed by atoms with van der Waals surface area (Å²) in [6, 6.07) is 0. The van der Waals surface area contributed by atoms with E-state index >= 15 is 0 Å². The lowest BCUT2D eigenvalue weighted by Gasteiger charge is -2.21. The number of hydrogen-bond donors (Lipinski definition) is 3. The van der Waals surface area contributed by atoms with Gasteiger partial charge in [0.2, 0.25) is 0 Å². The molecule has 0 bridgehead atoms. The van der Waals surface area contributed by atoms with Crippen LogP contribution in [0, 0.1) is 0 Å². The minimum atomic E-state index is -4.97. The zero-order valence-corrected chi connectivity index (χ0v) is 61.7. The number of carbonyl (C=O) groups is 4. The van der Waals surface area contributed by atoms with Gasteiger partial charge in [-0.2, -0.15) is 0 Å². The number of allylic oxidation sites excluding steroid dienone is 8. The number of phosphoric ester groups is 2. The lowest BCUT2D eigenvalue weighted by atomic mass is 10.0. The van der Waals surface area contributed by atoms with Crippen molar-refractivity contribution in [1.82, 2.24) is 0 Å². The average molecular weight is 1370 g/mol. The highest BCUT2D eigenvalue weighted by Crippen LogP contribution is 2.45. The quantitative estimate of drug-likeness (QED) is 0.0169. The van der Waals surface area contributed by atoms with E-state index < -0.39 is 97.5 Å². The first-order valence-corrected chi connectivity index (χ1v) is 40.9. The van der Waals surface area contributed by atoms with Crippen LogP contribution >= 0.6 is 15.6 Å². The van der Waals surface area contributed by atoms with Crippen molar-refractivity contribution in [2.75, 3.05) is 39.6 Å². The largest absolute Gasteiger partial charge is 0.472 e. The van der Waals surface area contributed by atoms with Gasteiger partial charge in [-0.1, -0.05) is 307 Å². The molecule has 5 atom stereocenters. The van der Waals surface area contributed by atoms with Gasteiger partial charge in [0.25, 0.3) is 0 Å². The Morgan fingerprint density at radius 3 is 0.851 bits per heavy atom. The highest BCUT2D eigenvalue weighted by molar-refractivity contribution is 7.47. The fourth-order valence-corrected chi connectivity index (χ4v) is 12.1. The van der Waals surface area contributed by atoms with Crippen molar-refractivity contribution in [3.8, 4) is 0 Å². The Morgan fingerprint density at radius 1 is 0.309 bits per heavy atom. The molecular weight excluding hydrogens is 1230 g/mol. The minimum Gasteiger partial charge on any atom is -0.462 e. The van der Waals surface area contributed by atoms with E-state index in [9.17, 15) is 43.2 Å². The second kappa shape index (κ2) is 68.5. The molecule has 0 spiro atoms. The highest BCUT2D eigenvalue weighted by atomic mass is 31.2. The van der Waals surface area contributed by atoms with Gasteiger partial charge in [-0.25, -0.2) is 9.13 Å². The van der Waals surface area contributed by atoms with Crippen LogP contribution in [0.5, 0.6) is 0 Å². The second-order valence-electron chi connectivity index (χ2n) is 25.6. The highest BCUT2D eigenvalue weighted by Gasteiger charge is 2.30. The normalized spacial score (nSPS) is 14.2. The van der Waals surface area contributed by atoms with Crippen LogP contribution in [0.2, 0.25) is 0 Å². The smallest absolute Gasteiger partial charge is 0.462 e. The SMILES string of the molecule is CC/C=C\C/C=C\C/C=C\C/C=C\CCCCCCC(=O)OCC(COP(=O)(O)OCC(O)COP(=O)(O)OCC(COC(=O)CCCCCCCCCCCCCCC)OC(=O)CCCCCCCCCCCCC)OC(=O)CCCCCCCCCCCCCCC. The molecule has 0 saturated carbocycles. The Bertz CT molecular complexity index is 1980. The Hall–Kier alpha value is -2.98. The molecule has 5 unspecified atom stereocenters. The van der Waals surface area contributed by atoms with E-state index in [1.807, 2.05) is 0 Å². The number of hydrogen-bond acceptors (Lipinski definition) is 15. The van der Waals surface area contributed by atoms with Crippen molar-refractivity contribution in [1.29, 1.82) is 0 Å². The van der Waals surface area contributed by atoms with Crippen LogP contribution in [-0.4, -0.2) is 96.7 Å². The molecule has 0 aliphatic carbocycles. The van der Waals surface area contributed by atoms with E-state index in [0.29, 0.717) is 25.7 Å². The zero-order chi connectivity index (χ0) is 69.0. The van der Waals surface area contributed by atoms with Crippen LogP contribution in [0.3, 0.4) is 0 Å². The first-order chi connectivity index (χ1) is 45.7. The van der Waals surface area contributed by atoms with Crippen molar-refractivity contribution >= 4 is 39.5 Å². The van der Waals surface area contributed by atoms with Crippen LogP contribution in [0.1, 0.15) is 349 Å². The maximum atomic E-state index is 13.1. The van der Waals surface area contributed by atoms with Crippen LogP contribution in [-0.2, 0) is 65.4 Å². The molecule has 3 N–H and O–H groups in total. The Balaban J connectivity index is 5.29. The number of phosphoric acid groups is 2. The van der Waals surface area contributed by atoms with Gasteiger partial charge in [0.1, 0.15) is 19.3 Å². The first kappa shape index (κ1) is 91.0. The summed E-state index contributed by atoms with van der Waals surface area (Å²) in [4.78, 5) is 72.7. The Morgan fingerprint density at radius 2 is 0.553 bits per heavy atom. The monoisotopic (exact) mass is 1370 g/mol. The summed E-state index contributed by atoms with van der Waals surface area (Å²) in [5.41, 5.74) is 0. The molecule has 0 amide bonds. The summed E-state index contributed by atoms with van der Waals surface area (Å²) < 4.78 is 68.4. The van der Waals surface area contributed by atoms with Gasteiger partial charge in [0.05, 0.1) is 26.4 Å². The lowest BCUT2D eigenvalue weighted by Crippen LogP contribution is -2.30. The van der Waals surface area contributed by atoms with Crippen molar-refractivity contribution in [2.24, 2.45) is 0 Å². The first-order valence-electron chi connectivity index (χ1n) is 37.9. The fraction of sp³-hybridized carbons (Fsp3) is 0.840.